The number of amides is 2. The molecule has 1 aliphatic heterocycles. The third kappa shape index (κ3) is 1.98. The maximum Gasteiger partial charge on any atom is 0.242 e. The molecule has 0 radical (unpaired) electrons. The van der Waals surface area contributed by atoms with Gasteiger partial charge in [-0.1, -0.05) is 25.1 Å². The first-order valence-electron chi connectivity index (χ1n) is 6.38. The predicted molar refractivity (Wildman–Crippen MR) is 71.9 cm³/mol. The number of rotatable bonds is 2. The van der Waals surface area contributed by atoms with Gasteiger partial charge in [-0.05, 0) is 19.8 Å². The van der Waals surface area contributed by atoms with Crippen LogP contribution in [0.1, 0.15) is 32.6 Å². The Balaban J connectivity index is 2.23. The molecule has 100 valence electrons. The van der Waals surface area contributed by atoms with E-state index < -0.39 is 11.5 Å². The number of thiocarbonyl (C=S) groups is 1. The quantitative estimate of drug-likeness (QED) is 0.701. The summed E-state index contributed by atoms with van der Waals surface area (Å²) in [6, 6.07) is -0.432. The molecule has 2 fully saturated rings. The summed E-state index contributed by atoms with van der Waals surface area (Å²) >= 11 is 5.11. The normalized spacial score (nSPS) is 26.8. The van der Waals surface area contributed by atoms with Gasteiger partial charge in [-0.15, -0.1) is 0 Å². The lowest BCUT2D eigenvalue weighted by molar-refractivity contribution is -0.147. The summed E-state index contributed by atoms with van der Waals surface area (Å²) in [4.78, 5) is 26.2. The highest BCUT2D eigenvalue weighted by Gasteiger charge is 2.48. The van der Waals surface area contributed by atoms with E-state index >= 15 is 0 Å². The lowest BCUT2D eigenvalue weighted by atomic mass is 9.83. The van der Waals surface area contributed by atoms with Gasteiger partial charge in [0.2, 0.25) is 11.8 Å². The Bertz CT molecular complexity index is 391. The van der Waals surface area contributed by atoms with E-state index in [0.29, 0.717) is 25.9 Å². The molecule has 1 aliphatic carbocycles. The van der Waals surface area contributed by atoms with Crippen LogP contribution < -0.4 is 11.1 Å². The molecule has 0 aromatic heterocycles. The van der Waals surface area contributed by atoms with Crippen LogP contribution >= 0.6 is 12.2 Å². The molecule has 0 spiro atoms. The van der Waals surface area contributed by atoms with Gasteiger partial charge in [0, 0.05) is 13.1 Å². The maximum atomic E-state index is 12.7. The largest absolute Gasteiger partial charge is 0.392 e. The number of piperazine rings is 1. The van der Waals surface area contributed by atoms with Crippen LogP contribution in [-0.2, 0) is 9.59 Å². The summed E-state index contributed by atoms with van der Waals surface area (Å²) in [5.41, 5.74) is 5.10. The minimum absolute atomic E-state index is 0.0603. The zero-order valence-electron chi connectivity index (χ0n) is 10.6. The smallest absolute Gasteiger partial charge is 0.242 e. The SMILES string of the molecule is CC1C(=O)NCCN1C(=O)C1(C(N)=S)CCCC1. The molecule has 1 unspecified atom stereocenters. The van der Waals surface area contributed by atoms with Crippen molar-refractivity contribution >= 4 is 29.0 Å². The van der Waals surface area contributed by atoms with Crippen molar-refractivity contribution in [3.63, 3.8) is 0 Å². The number of hydrogen-bond acceptors (Lipinski definition) is 3. The molecule has 5 nitrogen and oxygen atoms in total. The van der Waals surface area contributed by atoms with Crippen LogP contribution in [0.5, 0.6) is 0 Å². The van der Waals surface area contributed by atoms with Gasteiger partial charge < -0.3 is 16.0 Å². The van der Waals surface area contributed by atoms with Crippen LogP contribution in [0.2, 0.25) is 0 Å². The molecule has 2 amide bonds. The minimum atomic E-state index is -0.707. The molecule has 2 rings (SSSR count). The third-order valence-electron chi connectivity index (χ3n) is 4.10. The highest BCUT2D eigenvalue weighted by Crippen LogP contribution is 2.40. The van der Waals surface area contributed by atoms with Crippen LogP contribution in [0, 0.1) is 5.41 Å². The summed E-state index contributed by atoms with van der Waals surface area (Å²) in [5.74, 6) is -0.166. The molecule has 1 saturated carbocycles. The summed E-state index contributed by atoms with van der Waals surface area (Å²) in [6.45, 7) is 2.78. The van der Waals surface area contributed by atoms with Crippen LogP contribution in [0.4, 0.5) is 0 Å². The number of nitrogens with two attached hydrogens (primary N) is 1. The molecule has 0 bridgehead atoms. The van der Waals surface area contributed by atoms with E-state index in [1.54, 1.807) is 11.8 Å². The van der Waals surface area contributed by atoms with Gasteiger partial charge in [0.05, 0.1) is 10.4 Å². The average molecular weight is 269 g/mol. The van der Waals surface area contributed by atoms with Crippen molar-refractivity contribution < 1.29 is 9.59 Å². The first-order chi connectivity index (χ1) is 8.49. The van der Waals surface area contributed by atoms with Crippen molar-refractivity contribution in [3.05, 3.63) is 0 Å². The van der Waals surface area contributed by atoms with Crippen molar-refractivity contribution in [1.29, 1.82) is 0 Å². The second kappa shape index (κ2) is 4.84. The first kappa shape index (κ1) is 13.3. The summed E-state index contributed by atoms with van der Waals surface area (Å²) in [6.07, 6.45) is 3.37. The molecular formula is C12H19N3O2S. The van der Waals surface area contributed by atoms with Crippen molar-refractivity contribution in [1.82, 2.24) is 10.2 Å². The van der Waals surface area contributed by atoms with Crippen LogP contribution in [0.3, 0.4) is 0 Å². The molecule has 0 aromatic carbocycles. The highest BCUT2D eigenvalue weighted by molar-refractivity contribution is 7.80. The fourth-order valence-corrected chi connectivity index (χ4v) is 3.17. The molecule has 18 heavy (non-hydrogen) atoms. The van der Waals surface area contributed by atoms with Gasteiger partial charge in [0.15, 0.2) is 0 Å². The van der Waals surface area contributed by atoms with Crippen molar-refractivity contribution in [3.8, 4) is 0 Å². The van der Waals surface area contributed by atoms with E-state index in [1.807, 2.05) is 0 Å². The molecule has 1 atom stereocenters. The summed E-state index contributed by atoms with van der Waals surface area (Å²) < 4.78 is 0. The van der Waals surface area contributed by atoms with Gasteiger partial charge >= 0.3 is 0 Å². The topological polar surface area (TPSA) is 75.4 Å². The Kier molecular flexibility index (Phi) is 3.56. The standard InChI is InChI=1S/C12H19N3O2S/c1-8-9(16)14-6-7-15(8)11(17)12(10(13)18)4-2-3-5-12/h8H,2-7H2,1H3,(H2,13,18)(H,14,16). The lowest BCUT2D eigenvalue weighted by Gasteiger charge is -2.39. The Morgan fingerprint density at radius 3 is 2.67 bits per heavy atom. The number of carbonyl (C=O) groups excluding carboxylic acids is 2. The Morgan fingerprint density at radius 1 is 1.50 bits per heavy atom. The Hall–Kier alpha value is -1.17. The van der Waals surface area contributed by atoms with Crippen molar-refractivity contribution in [2.45, 2.75) is 38.6 Å². The molecule has 0 aromatic rings. The Morgan fingerprint density at radius 2 is 2.11 bits per heavy atom. The second-order valence-electron chi connectivity index (χ2n) is 5.12. The molecule has 2 aliphatic rings. The fraction of sp³-hybridized carbons (Fsp3) is 0.750. The van der Waals surface area contributed by atoms with Gasteiger partial charge in [-0.25, -0.2) is 0 Å². The van der Waals surface area contributed by atoms with Gasteiger partial charge in [0.1, 0.15) is 6.04 Å². The average Bonchev–Trinajstić information content (AvgIpc) is 2.82. The van der Waals surface area contributed by atoms with E-state index in [-0.39, 0.29) is 16.8 Å². The van der Waals surface area contributed by atoms with E-state index in [1.165, 1.54) is 0 Å². The fourth-order valence-electron chi connectivity index (χ4n) is 2.88. The number of nitrogens with one attached hydrogen (secondary N) is 1. The zero-order valence-corrected chi connectivity index (χ0v) is 11.4. The van der Waals surface area contributed by atoms with Crippen molar-refractivity contribution in [2.75, 3.05) is 13.1 Å². The van der Waals surface area contributed by atoms with Gasteiger partial charge in [0.25, 0.3) is 0 Å². The molecule has 1 saturated heterocycles. The van der Waals surface area contributed by atoms with Crippen molar-refractivity contribution in [2.24, 2.45) is 11.1 Å². The molecule has 3 N–H and O–H groups in total. The van der Waals surface area contributed by atoms with E-state index in [9.17, 15) is 9.59 Å². The van der Waals surface area contributed by atoms with Gasteiger partial charge in [-0.2, -0.15) is 0 Å². The molecule has 1 heterocycles. The van der Waals surface area contributed by atoms with Crippen LogP contribution in [-0.4, -0.2) is 40.8 Å². The summed E-state index contributed by atoms with van der Waals surface area (Å²) in [5, 5.41) is 2.75. The minimum Gasteiger partial charge on any atom is -0.392 e. The molecule has 6 heteroatoms. The molecular weight excluding hydrogens is 250 g/mol. The van der Waals surface area contributed by atoms with E-state index in [0.717, 1.165) is 12.8 Å². The van der Waals surface area contributed by atoms with Crippen LogP contribution in [0.25, 0.3) is 0 Å². The number of hydrogen-bond donors (Lipinski definition) is 2. The lowest BCUT2D eigenvalue weighted by Crippen LogP contribution is -2.60. The second-order valence-corrected chi connectivity index (χ2v) is 5.56. The number of carbonyl (C=O) groups is 2. The monoisotopic (exact) mass is 269 g/mol. The maximum absolute atomic E-state index is 12.7. The first-order valence-corrected chi connectivity index (χ1v) is 6.78. The van der Waals surface area contributed by atoms with Crippen LogP contribution in [0.15, 0.2) is 0 Å². The third-order valence-corrected chi connectivity index (χ3v) is 4.49. The zero-order chi connectivity index (χ0) is 13.3. The highest BCUT2D eigenvalue weighted by atomic mass is 32.1. The van der Waals surface area contributed by atoms with E-state index in [4.69, 9.17) is 18.0 Å². The van der Waals surface area contributed by atoms with E-state index in [2.05, 4.69) is 5.32 Å². The van der Waals surface area contributed by atoms with Gasteiger partial charge in [-0.3, -0.25) is 9.59 Å². The summed E-state index contributed by atoms with van der Waals surface area (Å²) in [7, 11) is 0. The predicted octanol–water partition coefficient (Wildman–Crippen LogP) is 0.180. The number of nitrogens with zero attached hydrogens (tertiary/aromatic N) is 1. The Labute approximate surface area is 112 Å².